The molecule has 0 aromatic heterocycles. The van der Waals surface area contributed by atoms with Crippen LogP contribution in [0.4, 0.5) is 0 Å². The summed E-state index contributed by atoms with van der Waals surface area (Å²) >= 11 is 6.06. The van der Waals surface area contributed by atoms with Gasteiger partial charge in [-0.3, -0.25) is 0 Å². The highest BCUT2D eigenvalue weighted by molar-refractivity contribution is 6.32. The molecule has 0 radical (unpaired) electrons. The Morgan fingerprint density at radius 3 is 2.86 bits per heavy atom. The van der Waals surface area contributed by atoms with Crippen LogP contribution in [0.5, 0.6) is 5.75 Å². The summed E-state index contributed by atoms with van der Waals surface area (Å²) in [7, 11) is 3.78. The van der Waals surface area contributed by atoms with Gasteiger partial charge in [0, 0.05) is 13.1 Å². The van der Waals surface area contributed by atoms with Crippen LogP contribution in [-0.2, 0) is 13.0 Å². The van der Waals surface area contributed by atoms with Gasteiger partial charge in [0.1, 0.15) is 5.75 Å². The van der Waals surface area contributed by atoms with Gasteiger partial charge in [-0.1, -0.05) is 11.6 Å². The second-order valence-electron chi connectivity index (χ2n) is 3.74. The van der Waals surface area contributed by atoms with Crippen molar-refractivity contribution in [2.75, 3.05) is 20.7 Å². The molecular weight excluding hydrogens is 198 g/mol. The highest BCUT2D eigenvalue weighted by Gasteiger charge is 2.15. The lowest BCUT2D eigenvalue weighted by molar-refractivity contribution is 0.311. The van der Waals surface area contributed by atoms with Crippen LogP contribution in [0.15, 0.2) is 12.1 Å². The minimum Gasteiger partial charge on any atom is -0.495 e. The predicted octanol–water partition coefficient (Wildman–Crippen LogP) is 2.34. The molecule has 1 aliphatic rings. The number of ether oxygens (including phenoxy) is 1. The molecule has 2 nitrogen and oxygen atoms in total. The molecule has 76 valence electrons. The Labute approximate surface area is 89.4 Å². The number of nitrogens with zero attached hydrogens (tertiary/aromatic N) is 1. The van der Waals surface area contributed by atoms with Crippen molar-refractivity contribution in [2.24, 2.45) is 0 Å². The molecule has 14 heavy (non-hydrogen) atoms. The van der Waals surface area contributed by atoms with Crippen molar-refractivity contribution >= 4 is 11.6 Å². The first kappa shape index (κ1) is 9.81. The van der Waals surface area contributed by atoms with Crippen LogP contribution in [-0.4, -0.2) is 25.6 Å². The third-order valence-electron chi connectivity index (χ3n) is 2.68. The molecule has 3 heteroatoms. The number of benzene rings is 1. The third kappa shape index (κ3) is 1.72. The largest absolute Gasteiger partial charge is 0.495 e. The second kappa shape index (κ2) is 3.79. The summed E-state index contributed by atoms with van der Waals surface area (Å²) in [4.78, 5) is 2.30. The Balaban J connectivity index is 2.41. The van der Waals surface area contributed by atoms with Gasteiger partial charge in [0.25, 0.3) is 0 Å². The average Bonchev–Trinajstić information content (AvgIpc) is 2.17. The standard InChI is InChI=1S/C11H14ClNO/c1-13-4-3-8-5-10(12)11(14-2)6-9(8)7-13/h5-6H,3-4,7H2,1-2H3. The van der Waals surface area contributed by atoms with Crippen LogP contribution in [0.25, 0.3) is 0 Å². The lowest BCUT2D eigenvalue weighted by atomic mass is 10.00. The highest BCUT2D eigenvalue weighted by Crippen LogP contribution is 2.30. The zero-order valence-corrected chi connectivity index (χ0v) is 9.27. The summed E-state index contributed by atoms with van der Waals surface area (Å²) in [6.45, 7) is 2.10. The zero-order chi connectivity index (χ0) is 10.1. The Kier molecular flexibility index (Phi) is 2.66. The van der Waals surface area contributed by atoms with Crippen molar-refractivity contribution in [3.63, 3.8) is 0 Å². The second-order valence-corrected chi connectivity index (χ2v) is 4.15. The van der Waals surface area contributed by atoms with Crippen molar-refractivity contribution in [1.29, 1.82) is 0 Å². The van der Waals surface area contributed by atoms with Crippen molar-refractivity contribution in [1.82, 2.24) is 4.90 Å². The van der Waals surface area contributed by atoms with Gasteiger partial charge in [0.05, 0.1) is 12.1 Å². The Morgan fingerprint density at radius 2 is 2.14 bits per heavy atom. The monoisotopic (exact) mass is 211 g/mol. The summed E-state index contributed by atoms with van der Waals surface area (Å²) < 4.78 is 5.20. The number of fused-ring (bicyclic) bond motifs is 1. The zero-order valence-electron chi connectivity index (χ0n) is 8.51. The number of hydrogen-bond acceptors (Lipinski definition) is 2. The first-order valence-electron chi connectivity index (χ1n) is 4.74. The van der Waals surface area contributed by atoms with Gasteiger partial charge in [-0.2, -0.15) is 0 Å². The Bertz CT molecular complexity index is 351. The van der Waals surface area contributed by atoms with Crippen LogP contribution in [0.1, 0.15) is 11.1 Å². The number of methoxy groups -OCH3 is 1. The van der Waals surface area contributed by atoms with E-state index in [0.29, 0.717) is 0 Å². The molecule has 0 fully saturated rings. The molecule has 0 N–H and O–H groups in total. The van der Waals surface area contributed by atoms with Crippen molar-refractivity contribution in [3.05, 3.63) is 28.3 Å². The topological polar surface area (TPSA) is 12.5 Å². The first-order chi connectivity index (χ1) is 6.70. The normalized spacial score (nSPS) is 16.5. The Hall–Kier alpha value is -0.730. The molecule has 0 saturated heterocycles. The highest BCUT2D eigenvalue weighted by atomic mass is 35.5. The fourth-order valence-corrected chi connectivity index (χ4v) is 2.12. The van der Waals surface area contributed by atoms with E-state index in [1.54, 1.807) is 7.11 Å². The fourth-order valence-electron chi connectivity index (χ4n) is 1.85. The summed E-state index contributed by atoms with van der Waals surface area (Å²) in [6.07, 6.45) is 1.08. The van der Waals surface area contributed by atoms with E-state index in [9.17, 15) is 0 Å². The minimum absolute atomic E-state index is 0.718. The minimum atomic E-state index is 0.718. The molecule has 0 spiro atoms. The molecule has 0 bridgehead atoms. The van der Waals surface area contributed by atoms with Crippen LogP contribution >= 0.6 is 11.6 Å². The predicted molar refractivity (Wildman–Crippen MR) is 58.0 cm³/mol. The van der Waals surface area contributed by atoms with E-state index < -0.39 is 0 Å². The van der Waals surface area contributed by atoms with Gasteiger partial charge in [-0.25, -0.2) is 0 Å². The SMILES string of the molecule is COc1cc2c(cc1Cl)CCN(C)C2. The van der Waals surface area contributed by atoms with Crippen LogP contribution in [0, 0.1) is 0 Å². The van der Waals surface area contributed by atoms with Crippen LogP contribution in [0.2, 0.25) is 5.02 Å². The molecule has 1 aromatic rings. The lowest BCUT2D eigenvalue weighted by Gasteiger charge is -2.25. The maximum absolute atomic E-state index is 6.06. The molecule has 1 aromatic carbocycles. The number of hydrogen-bond donors (Lipinski definition) is 0. The van der Waals surface area contributed by atoms with Crippen molar-refractivity contribution < 1.29 is 4.74 Å². The van der Waals surface area contributed by atoms with E-state index in [-0.39, 0.29) is 0 Å². The molecule has 0 atom stereocenters. The molecule has 0 saturated carbocycles. The van der Waals surface area contributed by atoms with Gasteiger partial charge >= 0.3 is 0 Å². The number of rotatable bonds is 1. The van der Waals surface area contributed by atoms with Gasteiger partial charge in [-0.05, 0) is 36.7 Å². The summed E-state index contributed by atoms with van der Waals surface area (Å²) in [5, 5.41) is 0.718. The van der Waals surface area contributed by atoms with E-state index in [1.165, 1.54) is 11.1 Å². The number of likely N-dealkylation sites (N-methyl/N-ethyl adjacent to an activating group) is 1. The molecular formula is C11H14ClNO. The number of halogens is 1. The summed E-state index contributed by atoms with van der Waals surface area (Å²) in [6, 6.07) is 4.08. The lowest BCUT2D eigenvalue weighted by Crippen LogP contribution is -2.26. The molecule has 1 aliphatic heterocycles. The maximum atomic E-state index is 6.06. The maximum Gasteiger partial charge on any atom is 0.137 e. The van der Waals surface area contributed by atoms with E-state index in [0.717, 1.165) is 30.3 Å². The van der Waals surface area contributed by atoms with E-state index in [4.69, 9.17) is 16.3 Å². The average molecular weight is 212 g/mol. The Morgan fingerprint density at radius 1 is 1.36 bits per heavy atom. The molecule has 0 amide bonds. The van der Waals surface area contributed by atoms with Crippen LogP contribution in [0.3, 0.4) is 0 Å². The van der Waals surface area contributed by atoms with Gasteiger partial charge in [0.15, 0.2) is 0 Å². The molecule has 2 rings (SSSR count). The van der Waals surface area contributed by atoms with E-state index in [1.807, 2.05) is 12.1 Å². The van der Waals surface area contributed by atoms with Crippen molar-refractivity contribution in [2.45, 2.75) is 13.0 Å². The molecule has 0 unspecified atom stereocenters. The fraction of sp³-hybridized carbons (Fsp3) is 0.455. The first-order valence-corrected chi connectivity index (χ1v) is 5.12. The molecule has 1 heterocycles. The third-order valence-corrected chi connectivity index (χ3v) is 2.97. The van der Waals surface area contributed by atoms with E-state index in [2.05, 4.69) is 11.9 Å². The van der Waals surface area contributed by atoms with Gasteiger partial charge in [0.2, 0.25) is 0 Å². The van der Waals surface area contributed by atoms with Gasteiger partial charge in [-0.15, -0.1) is 0 Å². The summed E-state index contributed by atoms with van der Waals surface area (Å²) in [5.41, 5.74) is 2.69. The summed E-state index contributed by atoms with van der Waals surface area (Å²) in [5.74, 6) is 0.778. The smallest absolute Gasteiger partial charge is 0.137 e. The van der Waals surface area contributed by atoms with Gasteiger partial charge < -0.3 is 9.64 Å². The van der Waals surface area contributed by atoms with Crippen molar-refractivity contribution in [3.8, 4) is 5.75 Å². The quantitative estimate of drug-likeness (QED) is 0.707. The molecule has 0 aliphatic carbocycles. The van der Waals surface area contributed by atoms with Crippen LogP contribution < -0.4 is 4.74 Å². The van der Waals surface area contributed by atoms with E-state index >= 15 is 0 Å².